The van der Waals surface area contributed by atoms with Crippen LogP contribution in [0.5, 0.6) is 17.2 Å². The molecule has 0 saturated carbocycles. The maximum Gasteiger partial charge on any atom is 0.273 e. The van der Waals surface area contributed by atoms with Crippen LogP contribution in [0.3, 0.4) is 0 Å². The molecule has 13 heteroatoms. The van der Waals surface area contributed by atoms with Gasteiger partial charge in [-0.1, -0.05) is 48.0 Å². The average molecular weight is 624 g/mol. The quantitative estimate of drug-likeness (QED) is 0.220. The van der Waals surface area contributed by atoms with E-state index in [1.165, 1.54) is 26.2 Å². The molecule has 0 bridgehead atoms. The molecule has 0 fully saturated rings. The number of hydrogen-bond acceptors (Lipinski definition) is 9. The van der Waals surface area contributed by atoms with Gasteiger partial charge in [0.15, 0.2) is 17.2 Å². The average Bonchev–Trinajstić information content (AvgIpc) is 3.40. The number of amides is 3. The van der Waals surface area contributed by atoms with Gasteiger partial charge in [-0.05, 0) is 59.4 Å². The van der Waals surface area contributed by atoms with Crippen LogP contribution in [0, 0.1) is 6.92 Å². The van der Waals surface area contributed by atoms with Crippen LogP contribution >= 0.6 is 23.1 Å². The first-order valence-corrected chi connectivity index (χ1v) is 14.0. The fourth-order valence-corrected chi connectivity index (χ4v) is 5.33. The molecule has 1 atom stereocenters. The molecule has 0 aliphatic rings. The Balaban J connectivity index is 1.95. The molecular formula is C30H30ClN5O6S. The van der Waals surface area contributed by atoms with E-state index in [0.29, 0.717) is 27.9 Å². The molecule has 11 nitrogen and oxygen atoms in total. The lowest BCUT2D eigenvalue weighted by atomic mass is 10.0. The number of nitrogen functional groups attached to an aromatic ring is 1. The van der Waals surface area contributed by atoms with Gasteiger partial charge >= 0.3 is 0 Å². The van der Waals surface area contributed by atoms with Gasteiger partial charge in [-0.2, -0.15) is 4.37 Å². The van der Waals surface area contributed by atoms with Gasteiger partial charge in [-0.3, -0.25) is 19.3 Å². The Bertz CT molecular complexity index is 1640. The fraction of sp³-hybridized carbons (Fsp3) is 0.200. The van der Waals surface area contributed by atoms with Gasteiger partial charge in [0.05, 0.1) is 27.0 Å². The molecule has 1 heterocycles. The number of halogens is 1. The number of benzene rings is 3. The number of aryl methyl sites for hydroxylation is 1. The lowest BCUT2D eigenvalue weighted by molar-refractivity contribution is -0.122. The smallest absolute Gasteiger partial charge is 0.273 e. The summed E-state index contributed by atoms with van der Waals surface area (Å²) in [6.07, 6.45) is 0. The van der Waals surface area contributed by atoms with Crippen LogP contribution in [-0.2, 0) is 11.3 Å². The highest BCUT2D eigenvalue weighted by atomic mass is 35.5. The minimum absolute atomic E-state index is 0.0844. The molecule has 4 rings (SSSR count). The van der Waals surface area contributed by atoms with Crippen LogP contribution in [0.2, 0.25) is 5.02 Å². The lowest BCUT2D eigenvalue weighted by Gasteiger charge is -2.32. The first kappa shape index (κ1) is 31.1. The Labute approximate surface area is 257 Å². The summed E-state index contributed by atoms with van der Waals surface area (Å²) in [5.41, 5.74) is 13.3. The molecule has 0 aliphatic carbocycles. The van der Waals surface area contributed by atoms with E-state index in [0.717, 1.165) is 11.1 Å². The zero-order valence-corrected chi connectivity index (χ0v) is 25.4. The minimum Gasteiger partial charge on any atom is -0.493 e. The molecule has 224 valence electrons. The summed E-state index contributed by atoms with van der Waals surface area (Å²) in [5.74, 6) is -1.32. The van der Waals surface area contributed by atoms with Crippen molar-refractivity contribution in [1.29, 1.82) is 0 Å². The van der Waals surface area contributed by atoms with E-state index in [1.54, 1.807) is 30.3 Å². The molecule has 0 saturated heterocycles. The van der Waals surface area contributed by atoms with E-state index in [9.17, 15) is 14.4 Å². The van der Waals surface area contributed by atoms with Crippen LogP contribution in [-0.4, -0.2) is 43.4 Å². The first-order chi connectivity index (χ1) is 20.6. The van der Waals surface area contributed by atoms with Crippen molar-refractivity contribution in [2.45, 2.75) is 19.5 Å². The molecule has 0 radical (unpaired) electrons. The van der Waals surface area contributed by atoms with Gasteiger partial charge in [0.2, 0.25) is 11.7 Å². The van der Waals surface area contributed by atoms with Gasteiger partial charge in [-0.25, -0.2) is 0 Å². The number of ether oxygens (including phenoxy) is 3. The van der Waals surface area contributed by atoms with Crippen molar-refractivity contribution in [3.63, 3.8) is 0 Å². The van der Waals surface area contributed by atoms with E-state index in [1.807, 2.05) is 37.3 Å². The Kier molecular flexibility index (Phi) is 9.73. The van der Waals surface area contributed by atoms with Gasteiger partial charge in [0, 0.05) is 17.3 Å². The summed E-state index contributed by atoms with van der Waals surface area (Å²) in [6, 6.07) is 16.1. The maximum absolute atomic E-state index is 14.4. The summed E-state index contributed by atoms with van der Waals surface area (Å²) >= 11 is 7.20. The number of rotatable bonds is 11. The number of anilines is 2. The number of carbonyl (C=O) groups excluding carboxylic acids is 3. The maximum atomic E-state index is 14.4. The molecule has 1 unspecified atom stereocenters. The van der Waals surface area contributed by atoms with Crippen molar-refractivity contribution in [3.05, 3.63) is 92.9 Å². The lowest BCUT2D eigenvalue weighted by Crippen LogP contribution is -2.44. The Morgan fingerprint density at radius 2 is 1.65 bits per heavy atom. The highest BCUT2D eigenvalue weighted by molar-refractivity contribution is 7.09. The number of carbonyl (C=O) groups is 3. The summed E-state index contributed by atoms with van der Waals surface area (Å²) in [7, 11) is 4.34. The van der Waals surface area contributed by atoms with Crippen LogP contribution in [0.1, 0.15) is 42.9 Å². The molecule has 3 amide bonds. The number of methoxy groups -OCH3 is 3. The normalized spacial score (nSPS) is 11.4. The number of nitrogens with two attached hydrogens (primary N) is 2. The summed E-state index contributed by atoms with van der Waals surface area (Å²) < 4.78 is 20.6. The van der Waals surface area contributed by atoms with Crippen molar-refractivity contribution in [1.82, 2.24) is 9.69 Å². The largest absolute Gasteiger partial charge is 0.493 e. The summed E-state index contributed by atoms with van der Waals surface area (Å²) in [4.78, 5) is 41.6. The third kappa shape index (κ3) is 6.50. The Morgan fingerprint density at radius 1 is 1.00 bits per heavy atom. The van der Waals surface area contributed by atoms with E-state index >= 15 is 0 Å². The van der Waals surface area contributed by atoms with Crippen LogP contribution in [0.4, 0.5) is 11.4 Å². The molecule has 5 N–H and O–H groups in total. The monoisotopic (exact) mass is 623 g/mol. The third-order valence-corrected chi connectivity index (χ3v) is 7.89. The van der Waals surface area contributed by atoms with Gasteiger partial charge in [0.1, 0.15) is 10.9 Å². The van der Waals surface area contributed by atoms with E-state index in [2.05, 4.69) is 9.69 Å². The van der Waals surface area contributed by atoms with Crippen molar-refractivity contribution < 1.29 is 28.6 Å². The van der Waals surface area contributed by atoms with Gasteiger partial charge in [-0.15, -0.1) is 0 Å². The SMILES string of the molecule is COc1cc(C(C(=O)NCc2ccccc2)N(C(=O)c2snc(C(N)=O)c2N)c2ccc(C)c(Cl)c2)cc(OC)c1OC. The van der Waals surface area contributed by atoms with E-state index in [-0.39, 0.29) is 40.0 Å². The van der Waals surface area contributed by atoms with Gasteiger partial charge in [0.25, 0.3) is 11.8 Å². The second-order valence-electron chi connectivity index (χ2n) is 9.31. The van der Waals surface area contributed by atoms with Crippen LogP contribution < -0.4 is 35.9 Å². The second-order valence-corrected chi connectivity index (χ2v) is 10.5. The first-order valence-electron chi connectivity index (χ1n) is 12.9. The summed E-state index contributed by atoms with van der Waals surface area (Å²) in [6.45, 7) is 1.98. The van der Waals surface area contributed by atoms with Crippen molar-refractivity contribution in [2.24, 2.45) is 5.73 Å². The van der Waals surface area contributed by atoms with Crippen molar-refractivity contribution in [3.8, 4) is 17.2 Å². The molecule has 0 aliphatic heterocycles. The van der Waals surface area contributed by atoms with E-state index in [4.69, 9.17) is 37.3 Å². The fourth-order valence-electron chi connectivity index (χ4n) is 4.41. The highest BCUT2D eigenvalue weighted by Crippen LogP contribution is 2.42. The number of nitrogens with one attached hydrogen (secondary N) is 1. The zero-order chi connectivity index (χ0) is 31.3. The molecule has 1 aromatic heterocycles. The number of primary amides is 1. The predicted molar refractivity (Wildman–Crippen MR) is 165 cm³/mol. The number of hydrogen-bond donors (Lipinski definition) is 3. The standard InChI is InChI=1S/C30H30ClN5O6S/c1-16-10-11-19(14-20(16)31)36(30(39)27-23(32)24(28(33)37)35-43-27)25(29(38)34-15-17-8-6-5-7-9-17)18-12-21(40-2)26(42-4)22(13-18)41-3/h5-14,25H,15,32H2,1-4H3,(H2,33,37)(H,34,38). The Morgan fingerprint density at radius 3 is 2.19 bits per heavy atom. The van der Waals surface area contributed by atoms with Crippen molar-refractivity contribution >= 4 is 52.2 Å². The van der Waals surface area contributed by atoms with Crippen molar-refractivity contribution in [2.75, 3.05) is 32.0 Å². The summed E-state index contributed by atoms with van der Waals surface area (Å²) in [5, 5.41) is 3.29. The van der Waals surface area contributed by atoms with Crippen LogP contribution in [0.15, 0.2) is 60.7 Å². The number of nitrogens with zero attached hydrogens (tertiary/aromatic N) is 2. The van der Waals surface area contributed by atoms with Gasteiger partial charge < -0.3 is 31.0 Å². The molecule has 0 spiro atoms. The van der Waals surface area contributed by atoms with E-state index < -0.39 is 23.8 Å². The Hall–Kier alpha value is -4.81. The second kappa shape index (κ2) is 13.4. The third-order valence-electron chi connectivity index (χ3n) is 6.63. The molecular weight excluding hydrogens is 594 g/mol. The zero-order valence-electron chi connectivity index (χ0n) is 23.8. The molecule has 43 heavy (non-hydrogen) atoms. The van der Waals surface area contributed by atoms with Crippen LogP contribution in [0.25, 0.3) is 0 Å². The predicted octanol–water partition coefficient (Wildman–Crippen LogP) is 4.52. The molecule has 4 aromatic rings. The minimum atomic E-state index is -1.32. The number of aromatic nitrogens is 1. The molecule has 3 aromatic carbocycles. The highest BCUT2D eigenvalue weighted by Gasteiger charge is 2.37. The topological polar surface area (TPSA) is 159 Å².